The molecule has 1 aromatic carbocycles. The highest BCUT2D eigenvalue weighted by Gasteiger charge is 2.39. The van der Waals surface area contributed by atoms with E-state index in [0.717, 1.165) is 45.3 Å². The topological polar surface area (TPSA) is 57.1 Å². The molecule has 2 aliphatic heterocycles. The van der Waals surface area contributed by atoms with Crippen LogP contribution in [0.2, 0.25) is 0 Å². The number of likely N-dealkylation sites (tertiary alicyclic amines) is 1. The second-order valence-electron chi connectivity index (χ2n) is 7.31. The number of hydrogen-bond donors (Lipinski definition) is 1. The Morgan fingerprint density at radius 2 is 1.96 bits per heavy atom. The predicted molar refractivity (Wildman–Crippen MR) is 103 cm³/mol. The zero-order chi connectivity index (χ0) is 18.2. The van der Waals surface area contributed by atoms with Gasteiger partial charge in [0, 0.05) is 51.4 Å². The van der Waals surface area contributed by atoms with Crippen LogP contribution in [0.3, 0.4) is 0 Å². The van der Waals surface area contributed by atoms with E-state index >= 15 is 0 Å². The molecule has 1 aromatic rings. The van der Waals surface area contributed by atoms with E-state index in [1.165, 1.54) is 5.56 Å². The fourth-order valence-corrected chi connectivity index (χ4v) is 3.51. The van der Waals surface area contributed by atoms with E-state index in [0.29, 0.717) is 25.3 Å². The Morgan fingerprint density at radius 3 is 2.62 bits per heavy atom. The van der Waals surface area contributed by atoms with Crippen molar-refractivity contribution in [3.05, 3.63) is 35.9 Å². The molecule has 3 rings (SSSR count). The van der Waals surface area contributed by atoms with Crippen molar-refractivity contribution in [3.63, 3.8) is 0 Å². The lowest BCUT2D eigenvalue weighted by atomic mass is 10.0. The quantitative estimate of drug-likeness (QED) is 0.694. The van der Waals surface area contributed by atoms with E-state index in [9.17, 15) is 4.79 Å². The third-order valence-electron chi connectivity index (χ3n) is 5.32. The first-order valence-corrected chi connectivity index (χ1v) is 9.62. The van der Waals surface area contributed by atoms with Crippen molar-refractivity contribution < 1.29 is 4.79 Å². The van der Waals surface area contributed by atoms with Crippen LogP contribution in [0.4, 0.5) is 0 Å². The summed E-state index contributed by atoms with van der Waals surface area (Å²) in [6, 6.07) is 10.9. The monoisotopic (exact) mass is 352 g/mol. The molecule has 26 heavy (non-hydrogen) atoms. The average molecular weight is 352 g/mol. The Balaban J connectivity index is 1.30. The summed E-state index contributed by atoms with van der Waals surface area (Å²) in [6.45, 7) is 3.19. The number of rotatable bonds is 9. The molecule has 0 aromatic heterocycles. The SMILES string of the molecule is C#CCCC1(CCC(=O)NC2CCN(CCc3ccccc3)CC2)N=N1. The molecular formula is C21H28N4O. The van der Waals surface area contributed by atoms with Gasteiger partial charge >= 0.3 is 0 Å². The number of piperidine rings is 1. The first-order valence-electron chi connectivity index (χ1n) is 9.62. The van der Waals surface area contributed by atoms with Crippen LogP contribution in [0, 0.1) is 12.3 Å². The number of nitrogens with zero attached hydrogens (tertiary/aromatic N) is 3. The molecule has 138 valence electrons. The molecule has 0 bridgehead atoms. The Hall–Kier alpha value is -2.19. The summed E-state index contributed by atoms with van der Waals surface area (Å²) in [4.78, 5) is 14.7. The van der Waals surface area contributed by atoms with Crippen molar-refractivity contribution in [2.45, 2.75) is 56.7 Å². The van der Waals surface area contributed by atoms with Crippen LogP contribution in [-0.4, -0.2) is 42.1 Å². The summed E-state index contributed by atoms with van der Waals surface area (Å²) in [6.07, 6.45) is 11.0. The van der Waals surface area contributed by atoms with Gasteiger partial charge in [-0.05, 0) is 24.8 Å². The van der Waals surface area contributed by atoms with Gasteiger partial charge < -0.3 is 10.2 Å². The number of amides is 1. The van der Waals surface area contributed by atoms with Gasteiger partial charge in [0.05, 0.1) is 0 Å². The third-order valence-corrected chi connectivity index (χ3v) is 5.32. The minimum absolute atomic E-state index is 0.116. The number of nitrogens with one attached hydrogen (secondary N) is 1. The molecule has 0 radical (unpaired) electrons. The Labute approximate surface area is 156 Å². The first kappa shape index (κ1) is 18.6. The summed E-state index contributed by atoms with van der Waals surface area (Å²) in [5, 5.41) is 11.4. The number of terminal acetylenes is 1. The fraction of sp³-hybridized carbons (Fsp3) is 0.571. The molecule has 1 N–H and O–H groups in total. The zero-order valence-electron chi connectivity index (χ0n) is 15.4. The van der Waals surface area contributed by atoms with Gasteiger partial charge in [-0.3, -0.25) is 4.79 Å². The maximum Gasteiger partial charge on any atom is 0.220 e. The van der Waals surface area contributed by atoms with Crippen molar-refractivity contribution in [2.75, 3.05) is 19.6 Å². The molecule has 1 amide bonds. The van der Waals surface area contributed by atoms with E-state index in [2.05, 4.69) is 56.7 Å². The minimum Gasteiger partial charge on any atom is -0.353 e. The van der Waals surface area contributed by atoms with Gasteiger partial charge in [0.15, 0.2) is 5.66 Å². The lowest BCUT2D eigenvalue weighted by molar-refractivity contribution is -0.122. The molecule has 2 aliphatic rings. The molecule has 5 heteroatoms. The van der Waals surface area contributed by atoms with E-state index in [4.69, 9.17) is 6.42 Å². The number of carbonyl (C=O) groups excluding carboxylic acids is 1. The van der Waals surface area contributed by atoms with Crippen LogP contribution < -0.4 is 5.32 Å². The summed E-state index contributed by atoms with van der Waals surface area (Å²) in [5.41, 5.74) is 1.03. The van der Waals surface area contributed by atoms with E-state index < -0.39 is 0 Å². The van der Waals surface area contributed by atoms with Gasteiger partial charge in [-0.15, -0.1) is 12.3 Å². The van der Waals surface area contributed by atoms with Crippen LogP contribution >= 0.6 is 0 Å². The lowest BCUT2D eigenvalue weighted by Gasteiger charge is -2.32. The van der Waals surface area contributed by atoms with E-state index in [-0.39, 0.29) is 11.6 Å². The van der Waals surface area contributed by atoms with Crippen molar-refractivity contribution in [3.8, 4) is 12.3 Å². The van der Waals surface area contributed by atoms with Gasteiger partial charge in [0.2, 0.25) is 5.91 Å². The van der Waals surface area contributed by atoms with Crippen molar-refractivity contribution >= 4 is 5.91 Å². The average Bonchev–Trinajstić information content (AvgIpc) is 3.45. The highest BCUT2D eigenvalue weighted by atomic mass is 16.1. The summed E-state index contributed by atoms with van der Waals surface area (Å²) >= 11 is 0. The van der Waals surface area contributed by atoms with Gasteiger partial charge in [0.1, 0.15) is 0 Å². The van der Waals surface area contributed by atoms with Crippen molar-refractivity contribution in [2.24, 2.45) is 10.2 Å². The molecule has 0 unspecified atom stereocenters. The zero-order valence-corrected chi connectivity index (χ0v) is 15.4. The Kier molecular flexibility index (Phi) is 6.40. The Bertz CT molecular complexity index is 650. The molecule has 0 aliphatic carbocycles. The van der Waals surface area contributed by atoms with Crippen LogP contribution in [0.15, 0.2) is 40.6 Å². The standard InChI is InChI=1S/C21H28N4O/c1-2-3-13-21(23-24-21)14-9-20(26)22-19-11-16-25(17-12-19)15-10-18-7-5-4-6-8-18/h1,4-8,19H,3,9-17H2,(H,22,26). The molecular weight excluding hydrogens is 324 g/mol. The van der Waals surface area contributed by atoms with E-state index in [1.54, 1.807) is 0 Å². The highest BCUT2D eigenvalue weighted by Crippen LogP contribution is 2.37. The molecule has 0 spiro atoms. The van der Waals surface area contributed by atoms with Crippen LogP contribution in [0.25, 0.3) is 0 Å². The normalized spacial score (nSPS) is 19.0. The van der Waals surface area contributed by atoms with Crippen LogP contribution in [0.1, 0.15) is 44.1 Å². The summed E-state index contributed by atoms with van der Waals surface area (Å²) < 4.78 is 0. The summed E-state index contributed by atoms with van der Waals surface area (Å²) in [5.74, 6) is 2.73. The number of carbonyl (C=O) groups is 1. The maximum atomic E-state index is 12.2. The maximum absolute atomic E-state index is 12.2. The molecule has 5 nitrogen and oxygen atoms in total. The molecule has 2 heterocycles. The molecule has 1 fully saturated rings. The highest BCUT2D eigenvalue weighted by molar-refractivity contribution is 5.76. The van der Waals surface area contributed by atoms with Gasteiger partial charge in [-0.25, -0.2) is 0 Å². The van der Waals surface area contributed by atoms with E-state index in [1.807, 2.05) is 0 Å². The Morgan fingerprint density at radius 1 is 1.23 bits per heavy atom. The third kappa shape index (κ3) is 5.67. The largest absolute Gasteiger partial charge is 0.353 e. The van der Waals surface area contributed by atoms with Crippen molar-refractivity contribution in [1.29, 1.82) is 0 Å². The molecule has 0 atom stereocenters. The predicted octanol–water partition coefficient (Wildman–Crippen LogP) is 3.17. The van der Waals surface area contributed by atoms with Crippen LogP contribution in [-0.2, 0) is 11.2 Å². The summed E-state index contributed by atoms with van der Waals surface area (Å²) in [7, 11) is 0. The molecule has 0 saturated carbocycles. The fourth-order valence-electron chi connectivity index (χ4n) is 3.51. The minimum atomic E-state index is -0.357. The van der Waals surface area contributed by atoms with Gasteiger partial charge in [-0.2, -0.15) is 10.2 Å². The number of benzene rings is 1. The molecule has 1 saturated heterocycles. The van der Waals surface area contributed by atoms with Crippen LogP contribution in [0.5, 0.6) is 0 Å². The lowest BCUT2D eigenvalue weighted by Crippen LogP contribution is -2.45. The van der Waals surface area contributed by atoms with Gasteiger partial charge in [0.25, 0.3) is 0 Å². The second kappa shape index (κ2) is 8.95. The number of hydrogen-bond acceptors (Lipinski definition) is 4. The second-order valence-corrected chi connectivity index (χ2v) is 7.31. The van der Waals surface area contributed by atoms with Crippen molar-refractivity contribution in [1.82, 2.24) is 10.2 Å². The smallest absolute Gasteiger partial charge is 0.220 e. The first-order chi connectivity index (χ1) is 12.7. The van der Waals surface area contributed by atoms with Gasteiger partial charge in [-0.1, -0.05) is 30.3 Å².